The van der Waals surface area contributed by atoms with Crippen LogP contribution in [-0.4, -0.2) is 57.1 Å². The molecule has 9 heteroatoms. The first kappa shape index (κ1) is 20.5. The average molecular weight is 404 g/mol. The zero-order valence-electron chi connectivity index (χ0n) is 16.2. The van der Waals surface area contributed by atoms with Gasteiger partial charge in [-0.2, -0.15) is 8.42 Å². The van der Waals surface area contributed by atoms with Gasteiger partial charge in [0.1, 0.15) is 25.4 Å². The van der Waals surface area contributed by atoms with E-state index in [1.54, 1.807) is 20.8 Å². The van der Waals surface area contributed by atoms with Crippen LogP contribution in [0.4, 0.5) is 0 Å². The van der Waals surface area contributed by atoms with Gasteiger partial charge in [-0.3, -0.25) is 8.98 Å². The highest BCUT2D eigenvalue weighted by Crippen LogP contribution is 2.61. The van der Waals surface area contributed by atoms with E-state index in [-0.39, 0.29) is 37.6 Å². The van der Waals surface area contributed by atoms with E-state index in [0.29, 0.717) is 12.8 Å². The van der Waals surface area contributed by atoms with Crippen LogP contribution in [-0.2, 0) is 38.1 Å². The number of ether oxygens (including phenoxy) is 3. The zero-order chi connectivity index (χ0) is 20.0. The predicted molar refractivity (Wildman–Crippen MR) is 94.1 cm³/mol. The third-order valence-electron chi connectivity index (χ3n) is 6.33. The summed E-state index contributed by atoms with van der Waals surface area (Å²) in [6.45, 7) is 6.89. The summed E-state index contributed by atoms with van der Waals surface area (Å²) >= 11 is 0. The maximum Gasteiger partial charge on any atom is 0.332 e. The lowest BCUT2D eigenvalue weighted by Gasteiger charge is -2.33. The Balaban J connectivity index is 1.41. The minimum Gasteiger partial charge on any atom is -0.462 e. The summed E-state index contributed by atoms with van der Waals surface area (Å²) in [7, 11) is -3.55. The molecule has 0 amide bonds. The summed E-state index contributed by atoms with van der Waals surface area (Å²) in [5, 5.41) is -0.443. The Morgan fingerprint density at radius 1 is 1.19 bits per heavy atom. The molecule has 3 aliphatic rings. The fourth-order valence-corrected chi connectivity index (χ4v) is 6.55. The Labute approximate surface area is 160 Å². The number of fused-ring (bicyclic) bond motifs is 1. The van der Waals surface area contributed by atoms with E-state index in [9.17, 15) is 18.0 Å². The van der Waals surface area contributed by atoms with Crippen LogP contribution in [0.5, 0.6) is 0 Å². The fourth-order valence-electron chi connectivity index (χ4n) is 4.44. The van der Waals surface area contributed by atoms with Crippen molar-refractivity contribution in [1.29, 1.82) is 0 Å². The van der Waals surface area contributed by atoms with Crippen LogP contribution in [0.2, 0.25) is 0 Å². The van der Waals surface area contributed by atoms with Gasteiger partial charge in [0.15, 0.2) is 0 Å². The lowest BCUT2D eigenvalue weighted by Crippen LogP contribution is -2.46. The summed E-state index contributed by atoms with van der Waals surface area (Å²) in [4.78, 5) is 23.7. The normalized spacial score (nSPS) is 36.0. The van der Waals surface area contributed by atoms with Crippen molar-refractivity contribution in [3.05, 3.63) is 0 Å². The minimum atomic E-state index is -3.55. The van der Waals surface area contributed by atoms with Gasteiger partial charge in [-0.15, -0.1) is 0 Å². The molecule has 0 aromatic rings. The third kappa shape index (κ3) is 3.61. The monoisotopic (exact) mass is 404 g/mol. The smallest absolute Gasteiger partial charge is 0.332 e. The Hall–Kier alpha value is -1.19. The van der Waals surface area contributed by atoms with Crippen molar-refractivity contribution in [2.45, 2.75) is 63.9 Å². The molecule has 3 rings (SSSR count). The molecule has 5 unspecified atom stereocenters. The molecule has 8 nitrogen and oxygen atoms in total. The Morgan fingerprint density at radius 3 is 2.52 bits per heavy atom. The van der Waals surface area contributed by atoms with E-state index >= 15 is 0 Å². The molecule has 0 radical (unpaired) electrons. The molecule has 2 aliphatic carbocycles. The van der Waals surface area contributed by atoms with Gasteiger partial charge in [0.25, 0.3) is 10.1 Å². The molecular formula is C18H28O8S. The van der Waals surface area contributed by atoms with Gasteiger partial charge in [0.2, 0.25) is 0 Å². The number of hydrogen-bond acceptors (Lipinski definition) is 8. The van der Waals surface area contributed by atoms with E-state index < -0.39 is 38.5 Å². The molecule has 154 valence electrons. The second-order valence-electron chi connectivity index (χ2n) is 8.46. The van der Waals surface area contributed by atoms with Crippen molar-refractivity contribution in [2.75, 3.05) is 19.8 Å². The van der Waals surface area contributed by atoms with Crippen molar-refractivity contribution in [2.24, 2.45) is 17.3 Å². The van der Waals surface area contributed by atoms with Crippen LogP contribution in [0, 0.1) is 17.3 Å². The zero-order valence-corrected chi connectivity index (χ0v) is 17.0. The van der Waals surface area contributed by atoms with Crippen molar-refractivity contribution in [3.8, 4) is 0 Å². The summed E-state index contributed by atoms with van der Waals surface area (Å²) in [6.07, 6.45) is 1.47. The summed E-state index contributed by atoms with van der Waals surface area (Å²) in [5.74, 6) is -0.909. The molecule has 5 atom stereocenters. The molecule has 1 heterocycles. The highest BCUT2D eigenvalue weighted by molar-refractivity contribution is 7.87. The predicted octanol–water partition coefficient (Wildman–Crippen LogP) is 1.42. The SMILES string of the molecule is CCC(C)(C)C(=O)OCCOC(=O)COC1C2CC3C(C2)S(=O)(=O)OC31C. The maximum atomic E-state index is 12.1. The molecule has 0 N–H and O–H groups in total. The summed E-state index contributed by atoms with van der Waals surface area (Å²) in [5.41, 5.74) is -1.46. The lowest BCUT2D eigenvalue weighted by atomic mass is 9.83. The Kier molecular flexibility index (Phi) is 5.33. The van der Waals surface area contributed by atoms with E-state index in [0.717, 1.165) is 6.42 Å². The summed E-state index contributed by atoms with van der Waals surface area (Å²) in [6, 6.07) is 0. The number of carbonyl (C=O) groups is 2. The first-order chi connectivity index (χ1) is 12.5. The second-order valence-corrected chi connectivity index (χ2v) is 10.2. The van der Waals surface area contributed by atoms with Crippen molar-refractivity contribution in [1.82, 2.24) is 0 Å². The van der Waals surface area contributed by atoms with Crippen LogP contribution in [0.3, 0.4) is 0 Å². The first-order valence-corrected chi connectivity index (χ1v) is 10.9. The van der Waals surface area contributed by atoms with E-state index in [2.05, 4.69) is 0 Å². The van der Waals surface area contributed by atoms with Crippen LogP contribution in [0.1, 0.15) is 47.0 Å². The third-order valence-corrected chi connectivity index (χ3v) is 8.19. The van der Waals surface area contributed by atoms with Gasteiger partial charge in [-0.25, -0.2) is 4.79 Å². The Bertz CT molecular complexity index is 715. The first-order valence-electron chi connectivity index (χ1n) is 9.40. The average Bonchev–Trinajstić information content (AvgIpc) is 3.17. The molecule has 1 aliphatic heterocycles. The van der Waals surface area contributed by atoms with Gasteiger partial charge < -0.3 is 14.2 Å². The lowest BCUT2D eigenvalue weighted by molar-refractivity contribution is -0.164. The van der Waals surface area contributed by atoms with Gasteiger partial charge >= 0.3 is 11.9 Å². The largest absolute Gasteiger partial charge is 0.462 e. The van der Waals surface area contributed by atoms with Crippen LogP contribution in [0.25, 0.3) is 0 Å². The molecule has 2 bridgehead atoms. The standard InChI is InChI=1S/C18H28O8S/c1-5-17(2,3)16(20)24-7-6-23-14(19)10-25-15-11-8-12-13(9-11)27(21,22)26-18(12,15)4/h11-13,15H,5-10H2,1-4H3. The molecule has 1 saturated heterocycles. The maximum absolute atomic E-state index is 12.1. The number of esters is 2. The summed E-state index contributed by atoms with van der Waals surface area (Å²) < 4.78 is 45.4. The molecule has 0 spiro atoms. The number of hydrogen-bond donors (Lipinski definition) is 0. The van der Waals surface area contributed by atoms with Gasteiger partial charge in [-0.1, -0.05) is 6.92 Å². The van der Waals surface area contributed by atoms with E-state index in [4.69, 9.17) is 18.4 Å². The van der Waals surface area contributed by atoms with Crippen LogP contribution >= 0.6 is 0 Å². The molecule has 0 aromatic heterocycles. The van der Waals surface area contributed by atoms with Gasteiger partial charge in [0, 0.05) is 5.92 Å². The van der Waals surface area contributed by atoms with Gasteiger partial charge in [0.05, 0.1) is 16.8 Å². The number of rotatable bonds is 8. The quantitative estimate of drug-likeness (QED) is 0.340. The van der Waals surface area contributed by atoms with Crippen LogP contribution in [0.15, 0.2) is 0 Å². The topological polar surface area (TPSA) is 105 Å². The van der Waals surface area contributed by atoms with Crippen LogP contribution < -0.4 is 0 Å². The molecular weight excluding hydrogens is 376 g/mol. The molecule has 27 heavy (non-hydrogen) atoms. The fraction of sp³-hybridized carbons (Fsp3) is 0.889. The molecule has 0 aromatic carbocycles. The van der Waals surface area contributed by atoms with E-state index in [1.165, 1.54) is 0 Å². The minimum absolute atomic E-state index is 0.0110. The number of carbonyl (C=O) groups excluding carboxylic acids is 2. The van der Waals surface area contributed by atoms with Crippen molar-refractivity contribution < 1.29 is 36.4 Å². The van der Waals surface area contributed by atoms with Crippen molar-refractivity contribution >= 4 is 22.1 Å². The van der Waals surface area contributed by atoms with E-state index in [1.807, 2.05) is 6.92 Å². The second kappa shape index (κ2) is 7.00. The molecule has 2 saturated carbocycles. The highest BCUT2D eigenvalue weighted by Gasteiger charge is 2.71. The highest BCUT2D eigenvalue weighted by atomic mass is 32.2. The molecule has 3 fully saturated rings. The van der Waals surface area contributed by atoms with Crippen molar-refractivity contribution in [3.63, 3.8) is 0 Å². The Morgan fingerprint density at radius 2 is 1.85 bits per heavy atom. The van der Waals surface area contributed by atoms with Gasteiger partial charge in [-0.05, 0) is 46.0 Å².